The third kappa shape index (κ3) is 3.92. The van der Waals surface area contributed by atoms with Gasteiger partial charge in [-0.15, -0.1) is 0 Å². The lowest BCUT2D eigenvalue weighted by atomic mass is 9.78. The van der Waals surface area contributed by atoms with E-state index in [0.717, 1.165) is 30.6 Å². The summed E-state index contributed by atoms with van der Waals surface area (Å²) in [6, 6.07) is 18.4. The Morgan fingerprint density at radius 2 is 1.73 bits per heavy atom. The third-order valence-electron chi connectivity index (χ3n) is 5.79. The summed E-state index contributed by atoms with van der Waals surface area (Å²) in [6.07, 6.45) is 5.50. The number of nitrogens with one attached hydrogen (secondary N) is 1. The second-order valence-electron chi connectivity index (χ2n) is 7.31. The van der Waals surface area contributed by atoms with Crippen LogP contribution in [0.2, 0.25) is 0 Å². The minimum absolute atomic E-state index is 0.0525. The van der Waals surface area contributed by atoms with Crippen molar-refractivity contribution < 1.29 is 9.53 Å². The fourth-order valence-corrected chi connectivity index (χ4v) is 4.20. The van der Waals surface area contributed by atoms with Crippen LogP contribution >= 0.6 is 0 Å². The van der Waals surface area contributed by atoms with Gasteiger partial charge in [-0.05, 0) is 42.5 Å². The number of rotatable bonds is 7. The number of ether oxygens (including phenoxy) is 1. The molecular formula is C23H29NO2. The van der Waals surface area contributed by atoms with E-state index in [9.17, 15) is 4.79 Å². The molecule has 3 rings (SSSR count). The van der Waals surface area contributed by atoms with Crippen molar-refractivity contribution in [1.29, 1.82) is 0 Å². The van der Waals surface area contributed by atoms with Gasteiger partial charge in [0.2, 0.25) is 5.91 Å². The van der Waals surface area contributed by atoms with Gasteiger partial charge in [-0.3, -0.25) is 4.79 Å². The molecule has 26 heavy (non-hydrogen) atoms. The molecule has 1 saturated carbocycles. The number of amides is 1. The molecule has 1 amide bonds. The smallest absolute Gasteiger partial charge is 0.227 e. The molecule has 1 aliphatic carbocycles. The average molecular weight is 351 g/mol. The van der Waals surface area contributed by atoms with E-state index in [-0.39, 0.29) is 17.2 Å². The molecule has 3 heteroatoms. The highest BCUT2D eigenvalue weighted by molar-refractivity contribution is 5.83. The van der Waals surface area contributed by atoms with Crippen LogP contribution in [0.3, 0.4) is 0 Å². The quantitative estimate of drug-likeness (QED) is 0.777. The van der Waals surface area contributed by atoms with Gasteiger partial charge in [0.25, 0.3) is 0 Å². The average Bonchev–Trinajstić information content (AvgIpc) is 3.18. The van der Waals surface area contributed by atoms with Gasteiger partial charge in [0.15, 0.2) is 0 Å². The molecule has 1 atom stereocenters. The molecule has 1 aliphatic rings. The predicted octanol–water partition coefficient (Wildman–Crippen LogP) is 4.82. The number of carbonyl (C=O) groups is 1. The number of hydrogen-bond acceptors (Lipinski definition) is 2. The van der Waals surface area contributed by atoms with Crippen LogP contribution in [-0.4, -0.2) is 19.6 Å². The Kier molecular flexibility index (Phi) is 5.97. The van der Waals surface area contributed by atoms with Crippen LogP contribution in [0.5, 0.6) is 5.75 Å². The van der Waals surface area contributed by atoms with Gasteiger partial charge in [0.05, 0.1) is 13.0 Å². The van der Waals surface area contributed by atoms with Gasteiger partial charge in [0, 0.05) is 12.0 Å². The van der Waals surface area contributed by atoms with Crippen molar-refractivity contribution in [2.75, 3.05) is 13.7 Å². The largest absolute Gasteiger partial charge is 0.497 e. The van der Waals surface area contributed by atoms with E-state index in [1.54, 1.807) is 7.11 Å². The van der Waals surface area contributed by atoms with Gasteiger partial charge >= 0.3 is 0 Å². The summed E-state index contributed by atoms with van der Waals surface area (Å²) in [7, 11) is 1.69. The van der Waals surface area contributed by atoms with Crippen LogP contribution in [0, 0.1) is 0 Å². The molecular weight excluding hydrogens is 322 g/mol. The zero-order valence-corrected chi connectivity index (χ0v) is 15.8. The van der Waals surface area contributed by atoms with Crippen molar-refractivity contribution in [2.24, 2.45) is 0 Å². The van der Waals surface area contributed by atoms with Crippen LogP contribution in [0.25, 0.3) is 0 Å². The van der Waals surface area contributed by atoms with Gasteiger partial charge in [-0.25, -0.2) is 0 Å². The zero-order valence-electron chi connectivity index (χ0n) is 15.8. The van der Waals surface area contributed by atoms with Crippen molar-refractivity contribution in [3.8, 4) is 5.75 Å². The molecule has 1 N–H and O–H groups in total. The molecule has 2 aromatic carbocycles. The first-order valence-electron chi connectivity index (χ1n) is 9.66. The maximum Gasteiger partial charge on any atom is 0.227 e. The molecule has 0 aliphatic heterocycles. The predicted molar refractivity (Wildman–Crippen MR) is 106 cm³/mol. The van der Waals surface area contributed by atoms with E-state index >= 15 is 0 Å². The third-order valence-corrected chi connectivity index (χ3v) is 5.79. The molecule has 138 valence electrons. The minimum atomic E-state index is -0.0782. The van der Waals surface area contributed by atoms with Crippen molar-refractivity contribution in [3.05, 3.63) is 65.7 Å². The molecule has 2 aromatic rings. The van der Waals surface area contributed by atoms with Crippen molar-refractivity contribution >= 4 is 5.91 Å². The molecule has 1 unspecified atom stereocenters. The summed E-state index contributed by atoms with van der Waals surface area (Å²) in [6.45, 7) is 2.79. The highest BCUT2D eigenvalue weighted by Gasteiger charge is 2.36. The standard InChI is InChI=1S/C23H29NO2/c1-3-21(18-9-5-4-6-10-18)22(25)24-17-23(15-7-8-16-23)19-11-13-20(26-2)14-12-19/h4-6,9-14,21H,3,7-8,15-17H2,1-2H3,(H,24,25). The Bertz CT molecular complexity index is 703. The van der Waals surface area contributed by atoms with Crippen LogP contribution in [0.15, 0.2) is 54.6 Å². The maximum absolute atomic E-state index is 12.9. The summed E-state index contributed by atoms with van der Waals surface area (Å²) in [5, 5.41) is 3.27. The fraction of sp³-hybridized carbons (Fsp3) is 0.435. The summed E-state index contributed by atoms with van der Waals surface area (Å²) < 4.78 is 5.29. The Balaban J connectivity index is 1.73. The Hall–Kier alpha value is -2.29. The van der Waals surface area contributed by atoms with Crippen LogP contribution in [0.1, 0.15) is 56.1 Å². The molecule has 0 heterocycles. The lowest BCUT2D eigenvalue weighted by Crippen LogP contribution is -2.40. The van der Waals surface area contributed by atoms with Crippen molar-refractivity contribution in [3.63, 3.8) is 0 Å². The van der Waals surface area contributed by atoms with Crippen LogP contribution < -0.4 is 10.1 Å². The Labute approximate surface area is 156 Å². The summed E-state index contributed by atoms with van der Waals surface area (Å²) in [5.41, 5.74) is 2.46. The molecule has 0 saturated heterocycles. The molecule has 3 nitrogen and oxygen atoms in total. The molecule has 1 fully saturated rings. The van der Waals surface area contributed by atoms with E-state index < -0.39 is 0 Å². The molecule has 0 aromatic heterocycles. The summed E-state index contributed by atoms with van der Waals surface area (Å²) in [5.74, 6) is 0.935. The Morgan fingerprint density at radius 1 is 1.08 bits per heavy atom. The van der Waals surface area contributed by atoms with Gasteiger partial charge in [-0.2, -0.15) is 0 Å². The second kappa shape index (κ2) is 8.39. The van der Waals surface area contributed by atoms with E-state index in [4.69, 9.17) is 4.74 Å². The number of methoxy groups -OCH3 is 1. The lowest BCUT2D eigenvalue weighted by Gasteiger charge is -2.31. The number of carbonyl (C=O) groups excluding carboxylic acids is 1. The van der Waals surface area contributed by atoms with E-state index in [1.807, 2.05) is 42.5 Å². The molecule has 0 radical (unpaired) electrons. The zero-order chi connectivity index (χ0) is 18.4. The number of benzene rings is 2. The highest BCUT2D eigenvalue weighted by atomic mass is 16.5. The van der Waals surface area contributed by atoms with Gasteiger partial charge < -0.3 is 10.1 Å². The van der Waals surface area contributed by atoms with E-state index in [2.05, 4.69) is 24.4 Å². The number of hydrogen-bond donors (Lipinski definition) is 1. The highest BCUT2D eigenvalue weighted by Crippen LogP contribution is 2.41. The molecule has 0 spiro atoms. The monoisotopic (exact) mass is 351 g/mol. The van der Waals surface area contributed by atoms with Crippen molar-refractivity contribution in [1.82, 2.24) is 5.32 Å². The van der Waals surface area contributed by atoms with Crippen molar-refractivity contribution in [2.45, 2.75) is 50.4 Å². The fourth-order valence-electron chi connectivity index (χ4n) is 4.20. The first kappa shape index (κ1) is 18.5. The second-order valence-corrected chi connectivity index (χ2v) is 7.31. The lowest BCUT2D eigenvalue weighted by molar-refractivity contribution is -0.122. The van der Waals surface area contributed by atoms with E-state index in [0.29, 0.717) is 6.54 Å². The Morgan fingerprint density at radius 3 is 2.31 bits per heavy atom. The normalized spacial score (nSPS) is 16.8. The first-order valence-corrected chi connectivity index (χ1v) is 9.66. The topological polar surface area (TPSA) is 38.3 Å². The SMILES string of the molecule is CCC(C(=O)NCC1(c2ccc(OC)cc2)CCCC1)c1ccccc1. The van der Waals surface area contributed by atoms with Crippen LogP contribution in [-0.2, 0) is 10.2 Å². The van der Waals surface area contributed by atoms with Crippen LogP contribution in [0.4, 0.5) is 0 Å². The van der Waals surface area contributed by atoms with Gasteiger partial charge in [-0.1, -0.05) is 62.2 Å². The molecule has 0 bridgehead atoms. The minimum Gasteiger partial charge on any atom is -0.497 e. The summed E-state index contributed by atoms with van der Waals surface area (Å²) in [4.78, 5) is 12.9. The first-order chi connectivity index (χ1) is 12.7. The maximum atomic E-state index is 12.9. The van der Waals surface area contributed by atoms with E-state index in [1.165, 1.54) is 18.4 Å². The summed E-state index contributed by atoms with van der Waals surface area (Å²) >= 11 is 0. The van der Waals surface area contributed by atoms with Gasteiger partial charge in [0.1, 0.15) is 5.75 Å².